The van der Waals surface area contributed by atoms with Crippen LogP contribution in [0.2, 0.25) is 0 Å². The first-order valence-corrected chi connectivity index (χ1v) is 12.6. The number of amides is 1. The van der Waals surface area contributed by atoms with Gasteiger partial charge in [0, 0.05) is 36.8 Å². The molecule has 196 valence electrons. The van der Waals surface area contributed by atoms with Crippen molar-refractivity contribution in [1.29, 1.82) is 0 Å². The molecule has 2 aliphatic heterocycles. The molecule has 36 heavy (non-hydrogen) atoms. The summed E-state index contributed by atoms with van der Waals surface area (Å²) in [5.74, 6) is -0.374. The third kappa shape index (κ3) is 6.78. The Morgan fingerprint density at radius 3 is 2.31 bits per heavy atom. The molecule has 0 spiro atoms. The molecule has 9 heteroatoms. The number of alkyl halides is 3. The molecular formula is C27H35F3N4O2. The van der Waals surface area contributed by atoms with Gasteiger partial charge in [0.25, 0.3) is 0 Å². The fourth-order valence-electron chi connectivity index (χ4n) is 5.29. The van der Waals surface area contributed by atoms with Crippen molar-refractivity contribution in [1.82, 2.24) is 15.5 Å². The Morgan fingerprint density at radius 1 is 1.00 bits per heavy atom. The zero-order valence-electron chi connectivity index (χ0n) is 20.7. The van der Waals surface area contributed by atoms with Crippen molar-refractivity contribution in [2.24, 2.45) is 5.92 Å². The minimum absolute atomic E-state index is 0.0241. The van der Waals surface area contributed by atoms with Gasteiger partial charge in [-0.25, -0.2) is 0 Å². The number of piperidine rings is 1. The van der Waals surface area contributed by atoms with E-state index in [1.165, 1.54) is 29.8 Å². The largest absolute Gasteiger partial charge is 0.573 e. The standard InChI is InChI=1S/C27H35F3N4O2/c1-33(26(13-16-32-20-26)19-21-5-3-2-4-6-21)17-18-34(25(35)22-11-14-31-15-12-22)23-7-9-24(10-8-23)36-27(28,29)30/h2-10,22,31-32H,11-20H2,1H3/t26-/m0/s1. The summed E-state index contributed by atoms with van der Waals surface area (Å²) in [6.45, 7) is 4.48. The molecule has 0 radical (unpaired) electrons. The number of benzene rings is 2. The zero-order valence-corrected chi connectivity index (χ0v) is 20.7. The SMILES string of the molecule is CN(CCN(C(=O)C1CCNCC1)c1ccc(OC(F)(F)F)cc1)[C@]1(Cc2ccccc2)CCNC1. The highest BCUT2D eigenvalue weighted by Gasteiger charge is 2.38. The van der Waals surface area contributed by atoms with Crippen LogP contribution in [-0.4, -0.2) is 69.0 Å². The van der Waals surface area contributed by atoms with E-state index >= 15 is 0 Å². The van der Waals surface area contributed by atoms with E-state index in [9.17, 15) is 18.0 Å². The quantitative estimate of drug-likeness (QED) is 0.544. The van der Waals surface area contributed by atoms with Gasteiger partial charge in [-0.05, 0) is 82.2 Å². The Kier molecular flexibility index (Phi) is 8.54. The molecule has 4 rings (SSSR count). The Labute approximate surface area is 210 Å². The predicted octanol–water partition coefficient (Wildman–Crippen LogP) is 3.82. The van der Waals surface area contributed by atoms with Crippen LogP contribution in [0.4, 0.5) is 18.9 Å². The van der Waals surface area contributed by atoms with Crippen molar-refractivity contribution in [2.75, 3.05) is 51.2 Å². The second kappa shape index (κ2) is 11.6. The summed E-state index contributed by atoms with van der Waals surface area (Å²) in [6.07, 6.45) is -1.34. The van der Waals surface area contributed by atoms with Crippen LogP contribution >= 0.6 is 0 Å². The van der Waals surface area contributed by atoms with E-state index in [2.05, 4.69) is 51.6 Å². The van der Waals surface area contributed by atoms with E-state index in [0.29, 0.717) is 18.8 Å². The molecule has 1 amide bonds. The van der Waals surface area contributed by atoms with Crippen molar-refractivity contribution >= 4 is 11.6 Å². The summed E-state index contributed by atoms with van der Waals surface area (Å²) >= 11 is 0. The molecule has 0 aromatic heterocycles. The minimum atomic E-state index is -4.75. The van der Waals surface area contributed by atoms with E-state index in [-0.39, 0.29) is 23.1 Å². The lowest BCUT2D eigenvalue weighted by Gasteiger charge is -2.40. The van der Waals surface area contributed by atoms with Gasteiger partial charge >= 0.3 is 6.36 Å². The monoisotopic (exact) mass is 504 g/mol. The van der Waals surface area contributed by atoms with Crippen LogP contribution in [0.5, 0.6) is 5.75 Å². The number of halogens is 3. The smallest absolute Gasteiger partial charge is 0.406 e. The van der Waals surface area contributed by atoms with Gasteiger partial charge in [0.15, 0.2) is 0 Å². The Balaban J connectivity index is 1.50. The first-order chi connectivity index (χ1) is 17.3. The lowest BCUT2D eigenvalue weighted by Crippen LogP contribution is -2.53. The van der Waals surface area contributed by atoms with Gasteiger partial charge in [-0.2, -0.15) is 0 Å². The molecule has 2 N–H and O–H groups in total. The molecule has 1 atom stereocenters. The number of anilines is 1. The molecule has 2 aromatic rings. The summed E-state index contributed by atoms with van der Waals surface area (Å²) in [5.41, 5.74) is 1.80. The normalized spacial score (nSPS) is 21.0. The van der Waals surface area contributed by atoms with E-state index in [1.54, 1.807) is 4.90 Å². The van der Waals surface area contributed by atoms with Crippen molar-refractivity contribution < 1.29 is 22.7 Å². The van der Waals surface area contributed by atoms with Gasteiger partial charge in [-0.15, -0.1) is 13.2 Å². The molecule has 0 saturated carbocycles. The summed E-state index contributed by atoms with van der Waals surface area (Å²) in [6, 6.07) is 16.0. The summed E-state index contributed by atoms with van der Waals surface area (Å²) < 4.78 is 41.9. The minimum Gasteiger partial charge on any atom is -0.406 e. The van der Waals surface area contributed by atoms with Crippen LogP contribution < -0.4 is 20.3 Å². The molecule has 2 aliphatic rings. The Bertz CT molecular complexity index is 973. The number of likely N-dealkylation sites (N-methyl/N-ethyl adjacent to an activating group) is 1. The highest BCUT2D eigenvalue weighted by atomic mass is 19.4. The highest BCUT2D eigenvalue weighted by molar-refractivity contribution is 5.95. The Hall–Kier alpha value is -2.62. The number of nitrogens with zero attached hydrogens (tertiary/aromatic N) is 2. The zero-order chi connectivity index (χ0) is 25.6. The number of ether oxygens (including phenoxy) is 1. The first kappa shape index (κ1) is 26.4. The van der Waals surface area contributed by atoms with Gasteiger partial charge < -0.3 is 20.3 Å². The van der Waals surface area contributed by atoms with Crippen molar-refractivity contribution in [3.05, 3.63) is 60.2 Å². The van der Waals surface area contributed by atoms with Gasteiger partial charge in [-0.1, -0.05) is 30.3 Å². The average molecular weight is 505 g/mol. The second-order valence-corrected chi connectivity index (χ2v) is 9.79. The second-order valence-electron chi connectivity index (χ2n) is 9.79. The first-order valence-electron chi connectivity index (χ1n) is 12.6. The molecule has 0 aliphatic carbocycles. The number of carbonyl (C=O) groups is 1. The molecular weight excluding hydrogens is 469 g/mol. The third-order valence-electron chi connectivity index (χ3n) is 7.40. The molecule has 0 unspecified atom stereocenters. The molecule has 2 heterocycles. The number of nitrogens with one attached hydrogen (secondary N) is 2. The topological polar surface area (TPSA) is 56.8 Å². The average Bonchev–Trinajstić information content (AvgIpc) is 3.35. The van der Waals surface area contributed by atoms with Crippen molar-refractivity contribution in [3.8, 4) is 5.75 Å². The summed E-state index contributed by atoms with van der Waals surface area (Å²) in [7, 11) is 2.10. The molecule has 6 nitrogen and oxygen atoms in total. The van der Waals surface area contributed by atoms with Crippen LogP contribution in [0.15, 0.2) is 54.6 Å². The van der Waals surface area contributed by atoms with Crippen molar-refractivity contribution in [3.63, 3.8) is 0 Å². The molecule has 2 saturated heterocycles. The van der Waals surface area contributed by atoms with E-state index in [1.807, 2.05) is 6.07 Å². The van der Waals surface area contributed by atoms with Gasteiger partial charge in [0.1, 0.15) is 5.75 Å². The maximum Gasteiger partial charge on any atom is 0.573 e. The number of hydrogen-bond acceptors (Lipinski definition) is 5. The highest BCUT2D eigenvalue weighted by Crippen LogP contribution is 2.29. The van der Waals surface area contributed by atoms with E-state index < -0.39 is 6.36 Å². The number of hydrogen-bond donors (Lipinski definition) is 2. The number of carbonyl (C=O) groups excluding carboxylic acids is 1. The lowest BCUT2D eigenvalue weighted by molar-refractivity contribution is -0.274. The van der Waals surface area contributed by atoms with Gasteiger partial charge in [0.2, 0.25) is 5.91 Å². The van der Waals surface area contributed by atoms with Gasteiger partial charge in [0.05, 0.1) is 0 Å². The van der Waals surface area contributed by atoms with E-state index in [0.717, 1.165) is 51.9 Å². The maximum absolute atomic E-state index is 13.6. The lowest BCUT2D eigenvalue weighted by atomic mass is 9.88. The molecule has 0 bridgehead atoms. The Morgan fingerprint density at radius 2 is 1.69 bits per heavy atom. The summed E-state index contributed by atoms with van der Waals surface area (Å²) in [5, 5.41) is 6.78. The molecule has 2 aromatic carbocycles. The van der Waals surface area contributed by atoms with Crippen LogP contribution in [-0.2, 0) is 11.2 Å². The van der Waals surface area contributed by atoms with Gasteiger partial charge in [-0.3, -0.25) is 9.69 Å². The summed E-state index contributed by atoms with van der Waals surface area (Å²) in [4.78, 5) is 17.6. The fourth-order valence-corrected chi connectivity index (χ4v) is 5.29. The third-order valence-corrected chi connectivity index (χ3v) is 7.40. The fraction of sp³-hybridized carbons (Fsp3) is 0.519. The molecule has 2 fully saturated rings. The van der Waals surface area contributed by atoms with Crippen LogP contribution in [0.1, 0.15) is 24.8 Å². The van der Waals surface area contributed by atoms with Crippen molar-refractivity contribution in [2.45, 2.75) is 37.6 Å². The van der Waals surface area contributed by atoms with Crippen LogP contribution in [0.25, 0.3) is 0 Å². The van der Waals surface area contributed by atoms with Crippen LogP contribution in [0.3, 0.4) is 0 Å². The maximum atomic E-state index is 13.6. The number of rotatable bonds is 9. The van der Waals surface area contributed by atoms with Crippen LogP contribution in [0, 0.1) is 5.92 Å². The van der Waals surface area contributed by atoms with E-state index in [4.69, 9.17) is 0 Å². The predicted molar refractivity (Wildman–Crippen MR) is 134 cm³/mol.